The SMILES string of the molecule is O=C(Nc1ccccc1F)c1cccc2[nH]c(-c3cc(Br)nn3-c3ncccc3Cl)nc12. The molecule has 0 aliphatic rings. The number of pyridine rings is 1. The number of aromatic amines is 1. The quantitative estimate of drug-likeness (QED) is 0.328. The molecule has 0 saturated heterocycles. The molecule has 32 heavy (non-hydrogen) atoms. The number of H-pyrrole nitrogens is 1. The Labute approximate surface area is 194 Å². The summed E-state index contributed by atoms with van der Waals surface area (Å²) in [4.78, 5) is 25.0. The number of para-hydroxylation sites is 2. The van der Waals surface area contributed by atoms with Crippen LogP contribution in [0.5, 0.6) is 0 Å². The van der Waals surface area contributed by atoms with Gasteiger partial charge in [-0.3, -0.25) is 4.79 Å². The fourth-order valence-corrected chi connectivity index (χ4v) is 3.88. The molecular formula is C22H13BrClFN6O. The maximum absolute atomic E-state index is 14.0. The molecule has 5 rings (SSSR count). The molecule has 10 heteroatoms. The number of hydrogen-bond acceptors (Lipinski definition) is 4. The summed E-state index contributed by atoms with van der Waals surface area (Å²) in [7, 11) is 0. The van der Waals surface area contributed by atoms with Crippen LogP contribution in [0.2, 0.25) is 5.02 Å². The molecule has 0 spiro atoms. The van der Waals surface area contributed by atoms with E-state index in [4.69, 9.17) is 11.6 Å². The first-order valence-corrected chi connectivity index (χ1v) is 10.6. The summed E-state index contributed by atoms with van der Waals surface area (Å²) in [6.45, 7) is 0. The zero-order valence-electron chi connectivity index (χ0n) is 16.2. The highest BCUT2D eigenvalue weighted by Crippen LogP contribution is 2.29. The summed E-state index contributed by atoms with van der Waals surface area (Å²) in [5.41, 5.74) is 2.06. The summed E-state index contributed by atoms with van der Waals surface area (Å²) in [6.07, 6.45) is 1.62. The second-order valence-electron chi connectivity index (χ2n) is 6.79. The third-order valence-corrected chi connectivity index (χ3v) is 5.42. The Kier molecular flexibility index (Phi) is 5.20. The molecule has 0 aliphatic heterocycles. The van der Waals surface area contributed by atoms with Gasteiger partial charge >= 0.3 is 0 Å². The summed E-state index contributed by atoms with van der Waals surface area (Å²) in [5.74, 6) is -0.0863. The number of nitrogens with one attached hydrogen (secondary N) is 2. The molecule has 0 saturated carbocycles. The van der Waals surface area contributed by atoms with E-state index in [1.54, 1.807) is 59.4 Å². The minimum Gasteiger partial charge on any atom is -0.337 e. The van der Waals surface area contributed by atoms with Gasteiger partial charge in [0, 0.05) is 12.3 Å². The average Bonchev–Trinajstić information content (AvgIpc) is 3.38. The van der Waals surface area contributed by atoms with Crippen molar-refractivity contribution in [3.63, 3.8) is 0 Å². The van der Waals surface area contributed by atoms with Crippen molar-refractivity contribution >= 4 is 50.2 Å². The zero-order valence-corrected chi connectivity index (χ0v) is 18.5. The fraction of sp³-hybridized carbons (Fsp3) is 0. The van der Waals surface area contributed by atoms with Crippen LogP contribution in [-0.2, 0) is 0 Å². The number of nitrogens with zero attached hydrogens (tertiary/aromatic N) is 4. The number of carbonyl (C=O) groups excluding carboxylic acids is 1. The van der Waals surface area contributed by atoms with E-state index in [1.807, 2.05) is 0 Å². The van der Waals surface area contributed by atoms with Crippen LogP contribution >= 0.6 is 27.5 Å². The van der Waals surface area contributed by atoms with Gasteiger partial charge in [0.2, 0.25) is 0 Å². The Hall–Kier alpha value is -3.56. The largest absolute Gasteiger partial charge is 0.337 e. The Balaban J connectivity index is 1.59. The third-order valence-electron chi connectivity index (χ3n) is 4.74. The molecule has 158 valence electrons. The first kappa shape index (κ1) is 20.3. The van der Waals surface area contributed by atoms with Gasteiger partial charge in [-0.05, 0) is 52.3 Å². The van der Waals surface area contributed by atoms with Crippen molar-refractivity contribution in [1.29, 1.82) is 0 Å². The first-order valence-electron chi connectivity index (χ1n) is 9.42. The molecule has 2 N–H and O–H groups in total. The zero-order chi connectivity index (χ0) is 22.2. The number of imidazole rings is 1. The normalized spacial score (nSPS) is 11.1. The molecule has 0 unspecified atom stereocenters. The number of rotatable bonds is 4. The smallest absolute Gasteiger partial charge is 0.258 e. The molecule has 0 aliphatic carbocycles. The van der Waals surface area contributed by atoms with Gasteiger partial charge in [0.15, 0.2) is 11.6 Å². The number of halogens is 3. The monoisotopic (exact) mass is 510 g/mol. The van der Waals surface area contributed by atoms with Gasteiger partial charge in [0.1, 0.15) is 21.6 Å². The molecule has 3 aromatic heterocycles. The number of hydrogen-bond donors (Lipinski definition) is 2. The summed E-state index contributed by atoms with van der Waals surface area (Å²) >= 11 is 9.69. The average molecular weight is 512 g/mol. The molecule has 2 aromatic carbocycles. The van der Waals surface area contributed by atoms with Crippen molar-refractivity contribution < 1.29 is 9.18 Å². The van der Waals surface area contributed by atoms with Gasteiger partial charge < -0.3 is 10.3 Å². The van der Waals surface area contributed by atoms with E-state index < -0.39 is 11.7 Å². The Morgan fingerprint density at radius 2 is 1.97 bits per heavy atom. The maximum atomic E-state index is 14.0. The second-order valence-corrected chi connectivity index (χ2v) is 8.01. The van der Waals surface area contributed by atoms with Crippen LogP contribution in [0.15, 0.2) is 71.5 Å². The predicted octanol–water partition coefficient (Wildman–Crippen LogP) is 5.62. The number of fused-ring (bicyclic) bond motifs is 1. The highest BCUT2D eigenvalue weighted by atomic mass is 79.9. The Morgan fingerprint density at radius 1 is 1.12 bits per heavy atom. The number of aromatic nitrogens is 5. The first-order chi connectivity index (χ1) is 15.5. The van der Waals surface area contributed by atoms with Crippen LogP contribution in [0.25, 0.3) is 28.4 Å². The van der Waals surface area contributed by atoms with E-state index >= 15 is 0 Å². The minimum atomic E-state index is -0.517. The van der Waals surface area contributed by atoms with Crippen LogP contribution in [0.3, 0.4) is 0 Å². The number of benzene rings is 2. The van der Waals surface area contributed by atoms with Crippen LogP contribution in [0.1, 0.15) is 10.4 Å². The summed E-state index contributed by atoms with van der Waals surface area (Å²) in [5, 5.41) is 7.43. The molecule has 3 heterocycles. The topological polar surface area (TPSA) is 88.5 Å². The van der Waals surface area contributed by atoms with E-state index in [-0.39, 0.29) is 5.69 Å². The molecule has 1 amide bonds. The minimum absolute atomic E-state index is 0.0945. The molecular weight excluding hydrogens is 499 g/mol. The van der Waals surface area contributed by atoms with E-state index in [2.05, 4.69) is 41.3 Å². The standard InChI is InChI=1S/C22H13BrClFN6O/c23-18-11-17(31(30-18)21-13(24)6-4-10-26-21)20-27-16-9-3-5-12(19(16)29-20)22(32)28-15-8-2-1-7-14(15)25/h1-11H,(H,27,29)(H,28,32). The molecule has 7 nitrogen and oxygen atoms in total. The molecule has 0 bridgehead atoms. The van der Waals surface area contributed by atoms with E-state index in [0.29, 0.717) is 43.6 Å². The van der Waals surface area contributed by atoms with E-state index in [0.717, 1.165) is 0 Å². The Bertz CT molecular complexity index is 1480. The van der Waals surface area contributed by atoms with Gasteiger partial charge in [0.05, 0.1) is 21.8 Å². The molecule has 0 atom stereocenters. The number of carbonyl (C=O) groups is 1. The van der Waals surface area contributed by atoms with Gasteiger partial charge in [-0.15, -0.1) is 0 Å². The highest BCUT2D eigenvalue weighted by Gasteiger charge is 2.20. The lowest BCUT2D eigenvalue weighted by molar-refractivity contribution is 0.102. The van der Waals surface area contributed by atoms with Crippen LogP contribution in [-0.4, -0.2) is 30.6 Å². The van der Waals surface area contributed by atoms with Crippen LogP contribution in [0.4, 0.5) is 10.1 Å². The molecule has 0 radical (unpaired) electrons. The van der Waals surface area contributed by atoms with E-state index in [9.17, 15) is 9.18 Å². The highest BCUT2D eigenvalue weighted by molar-refractivity contribution is 9.10. The van der Waals surface area contributed by atoms with Gasteiger partial charge in [-0.1, -0.05) is 29.8 Å². The maximum Gasteiger partial charge on any atom is 0.258 e. The second kappa shape index (κ2) is 8.18. The fourth-order valence-electron chi connectivity index (χ4n) is 3.30. The third kappa shape index (κ3) is 3.65. The van der Waals surface area contributed by atoms with Crippen molar-refractivity contribution in [2.24, 2.45) is 0 Å². The molecule has 0 fully saturated rings. The van der Waals surface area contributed by atoms with Crippen molar-refractivity contribution in [3.05, 3.63) is 87.9 Å². The lowest BCUT2D eigenvalue weighted by Crippen LogP contribution is -2.13. The Morgan fingerprint density at radius 3 is 2.78 bits per heavy atom. The van der Waals surface area contributed by atoms with Crippen molar-refractivity contribution in [3.8, 4) is 17.3 Å². The lowest BCUT2D eigenvalue weighted by atomic mass is 10.1. The van der Waals surface area contributed by atoms with E-state index in [1.165, 1.54) is 12.1 Å². The number of amides is 1. The van der Waals surface area contributed by atoms with Gasteiger partial charge in [-0.25, -0.2) is 19.0 Å². The number of anilines is 1. The van der Waals surface area contributed by atoms with Crippen molar-refractivity contribution in [2.75, 3.05) is 5.32 Å². The summed E-state index contributed by atoms with van der Waals surface area (Å²) < 4.78 is 16.1. The van der Waals surface area contributed by atoms with Crippen LogP contribution in [0, 0.1) is 5.82 Å². The van der Waals surface area contributed by atoms with Crippen molar-refractivity contribution in [2.45, 2.75) is 0 Å². The van der Waals surface area contributed by atoms with Crippen molar-refractivity contribution in [1.82, 2.24) is 24.7 Å². The van der Waals surface area contributed by atoms with Gasteiger partial charge in [-0.2, -0.15) is 5.10 Å². The summed E-state index contributed by atoms with van der Waals surface area (Å²) in [6, 6.07) is 16.3. The molecule has 5 aromatic rings. The predicted molar refractivity (Wildman–Crippen MR) is 124 cm³/mol. The van der Waals surface area contributed by atoms with Crippen LogP contribution < -0.4 is 5.32 Å². The van der Waals surface area contributed by atoms with Gasteiger partial charge in [0.25, 0.3) is 5.91 Å². The lowest BCUT2D eigenvalue weighted by Gasteiger charge is -2.06.